The first-order chi connectivity index (χ1) is 10.1. The maximum absolute atomic E-state index is 11.3. The number of rotatable bonds is 4. The lowest BCUT2D eigenvalue weighted by Crippen LogP contribution is -2.47. The van der Waals surface area contributed by atoms with E-state index in [4.69, 9.17) is 5.11 Å². The van der Waals surface area contributed by atoms with E-state index in [2.05, 4.69) is 25.8 Å². The number of aliphatic hydroxyl groups is 1. The van der Waals surface area contributed by atoms with Gasteiger partial charge >= 0.3 is 5.97 Å². The Kier molecular flexibility index (Phi) is 7.63. The van der Waals surface area contributed by atoms with Crippen LogP contribution in [0.4, 0.5) is 5.82 Å². The van der Waals surface area contributed by atoms with E-state index in [-0.39, 0.29) is 12.2 Å². The molecule has 1 aliphatic rings. The molecule has 2 N–H and O–H groups in total. The average Bonchev–Trinajstić information content (AvgIpc) is 2.50. The number of β-amino-alcohol motifs (C(OH)–C–C–N with tert-alkyl or cyclic N) is 1. The molecule has 6 nitrogen and oxygen atoms in total. The summed E-state index contributed by atoms with van der Waals surface area (Å²) >= 11 is 3.24. The van der Waals surface area contributed by atoms with Crippen molar-refractivity contribution in [1.82, 2.24) is 9.88 Å². The highest BCUT2D eigenvalue weighted by molar-refractivity contribution is 9.10. The van der Waals surface area contributed by atoms with Crippen molar-refractivity contribution in [2.24, 2.45) is 0 Å². The van der Waals surface area contributed by atoms with Gasteiger partial charge in [0.25, 0.3) is 0 Å². The number of halogens is 1. The van der Waals surface area contributed by atoms with Gasteiger partial charge in [0.2, 0.25) is 0 Å². The second kappa shape index (κ2) is 8.96. The van der Waals surface area contributed by atoms with E-state index < -0.39 is 5.97 Å². The summed E-state index contributed by atoms with van der Waals surface area (Å²) in [6.07, 6.45) is 1.61. The first-order valence-corrected chi connectivity index (χ1v) is 7.88. The number of aromatic carboxylic acids is 1. The molecule has 7 heteroatoms. The number of carboxylic acid groups (broad SMARTS) is 1. The fraction of sp³-hybridized carbons (Fsp3) is 0.571. The molecule has 1 aromatic heterocycles. The third-order valence-corrected chi connectivity index (χ3v) is 3.59. The number of nitrogens with zero attached hydrogens (tertiary/aromatic N) is 3. The van der Waals surface area contributed by atoms with Crippen LogP contribution < -0.4 is 4.90 Å². The second-order valence-corrected chi connectivity index (χ2v) is 5.30. The van der Waals surface area contributed by atoms with Gasteiger partial charge in [0.1, 0.15) is 11.4 Å². The van der Waals surface area contributed by atoms with Crippen LogP contribution in [-0.2, 0) is 0 Å². The molecule has 21 heavy (non-hydrogen) atoms. The van der Waals surface area contributed by atoms with Crippen LogP contribution in [0.25, 0.3) is 0 Å². The number of hydrogen-bond acceptors (Lipinski definition) is 5. The van der Waals surface area contributed by atoms with Gasteiger partial charge in [0, 0.05) is 43.4 Å². The Hall–Kier alpha value is -1.18. The van der Waals surface area contributed by atoms with Gasteiger partial charge in [-0.25, -0.2) is 9.78 Å². The van der Waals surface area contributed by atoms with Crippen molar-refractivity contribution < 1.29 is 15.0 Å². The maximum Gasteiger partial charge on any atom is 0.339 e. The van der Waals surface area contributed by atoms with Gasteiger partial charge in [-0.2, -0.15) is 0 Å². The lowest BCUT2D eigenvalue weighted by Gasteiger charge is -2.35. The first kappa shape index (κ1) is 17.9. The predicted octanol–water partition coefficient (Wildman–Crippen LogP) is 1.68. The smallest absolute Gasteiger partial charge is 0.339 e. The molecule has 2 heterocycles. The van der Waals surface area contributed by atoms with Crippen LogP contribution >= 0.6 is 15.9 Å². The zero-order valence-corrected chi connectivity index (χ0v) is 14.0. The number of carbonyl (C=O) groups is 1. The highest BCUT2D eigenvalue weighted by Gasteiger charge is 2.22. The summed E-state index contributed by atoms with van der Waals surface area (Å²) in [5.41, 5.74) is 0.213. The maximum atomic E-state index is 11.3. The van der Waals surface area contributed by atoms with Gasteiger partial charge in [-0.15, -0.1) is 0 Å². The lowest BCUT2D eigenvalue weighted by molar-refractivity contribution is 0.0697. The van der Waals surface area contributed by atoms with Crippen molar-refractivity contribution >= 4 is 27.7 Å². The highest BCUT2D eigenvalue weighted by Crippen LogP contribution is 2.22. The van der Waals surface area contributed by atoms with Crippen LogP contribution in [0.1, 0.15) is 24.2 Å². The molecule has 0 aliphatic carbocycles. The summed E-state index contributed by atoms with van der Waals surface area (Å²) in [5, 5.41) is 18.1. The van der Waals surface area contributed by atoms with E-state index in [1.165, 1.54) is 0 Å². The molecule has 0 atom stereocenters. The minimum absolute atomic E-state index is 0.150. The number of aromatic nitrogens is 1. The van der Waals surface area contributed by atoms with E-state index in [1.54, 1.807) is 12.3 Å². The van der Waals surface area contributed by atoms with Crippen molar-refractivity contribution in [3.8, 4) is 0 Å². The van der Waals surface area contributed by atoms with Crippen LogP contribution in [0.5, 0.6) is 0 Å². The van der Waals surface area contributed by atoms with Crippen molar-refractivity contribution in [2.75, 3.05) is 44.2 Å². The molecule has 1 aliphatic heterocycles. The minimum Gasteiger partial charge on any atom is -0.478 e. The quantitative estimate of drug-likeness (QED) is 0.851. The number of pyridine rings is 1. The third kappa shape index (κ3) is 4.94. The van der Waals surface area contributed by atoms with Crippen molar-refractivity contribution in [2.45, 2.75) is 13.8 Å². The van der Waals surface area contributed by atoms with Gasteiger partial charge in [-0.05, 0) is 22.0 Å². The fourth-order valence-corrected chi connectivity index (χ4v) is 2.50. The van der Waals surface area contributed by atoms with E-state index >= 15 is 0 Å². The van der Waals surface area contributed by atoms with Crippen molar-refractivity contribution in [3.05, 3.63) is 22.3 Å². The summed E-state index contributed by atoms with van der Waals surface area (Å²) in [7, 11) is 0. The molecule has 118 valence electrons. The molecule has 1 fully saturated rings. The van der Waals surface area contributed by atoms with Gasteiger partial charge in [0.15, 0.2) is 0 Å². The van der Waals surface area contributed by atoms with E-state index in [0.29, 0.717) is 16.8 Å². The van der Waals surface area contributed by atoms with Crippen LogP contribution in [0.15, 0.2) is 16.7 Å². The molecule has 2 rings (SSSR count). The van der Waals surface area contributed by atoms with Gasteiger partial charge in [-0.1, -0.05) is 13.8 Å². The van der Waals surface area contributed by atoms with Crippen molar-refractivity contribution in [1.29, 1.82) is 0 Å². The van der Waals surface area contributed by atoms with Gasteiger partial charge < -0.3 is 15.1 Å². The second-order valence-electron chi connectivity index (χ2n) is 4.38. The molecular formula is C14H22BrN3O3. The largest absolute Gasteiger partial charge is 0.478 e. The SMILES string of the molecule is CC.O=C(O)c1cc(Br)cnc1N1CCN(CCO)CC1. The molecule has 0 saturated carbocycles. The summed E-state index contributed by atoms with van der Waals surface area (Å²) < 4.78 is 0.660. The Labute approximate surface area is 133 Å². The van der Waals surface area contributed by atoms with Crippen LogP contribution in [0.3, 0.4) is 0 Å². The topological polar surface area (TPSA) is 76.9 Å². The van der Waals surface area contributed by atoms with E-state index in [1.807, 2.05) is 18.7 Å². The zero-order valence-electron chi connectivity index (χ0n) is 12.4. The van der Waals surface area contributed by atoms with E-state index in [0.717, 1.165) is 26.2 Å². The Morgan fingerprint density at radius 1 is 1.33 bits per heavy atom. The highest BCUT2D eigenvalue weighted by atomic mass is 79.9. The molecule has 0 unspecified atom stereocenters. The Bertz CT molecular complexity index is 463. The molecule has 0 aromatic carbocycles. The summed E-state index contributed by atoms with van der Waals surface area (Å²) in [6.45, 7) is 7.85. The normalized spacial score (nSPS) is 15.3. The molecule has 0 radical (unpaired) electrons. The summed E-state index contributed by atoms with van der Waals surface area (Å²) in [5.74, 6) is -0.457. The molecule has 1 saturated heterocycles. The monoisotopic (exact) mass is 359 g/mol. The number of hydrogen-bond donors (Lipinski definition) is 2. The Balaban J connectivity index is 0.00000106. The molecule has 0 bridgehead atoms. The number of piperazine rings is 1. The molecule has 0 spiro atoms. The Morgan fingerprint density at radius 3 is 2.48 bits per heavy atom. The average molecular weight is 360 g/mol. The van der Waals surface area contributed by atoms with Crippen molar-refractivity contribution in [3.63, 3.8) is 0 Å². The molecule has 1 aromatic rings. The van der Waals surface area contributed by atoms with Crippen LogP contribution in [0, 0.1) is 0 Å². The van der Waals surface area contributed by atoms with Crippen LogP contribution in [-0.4, -0.2) is 65.4 Å². The fourth-order valence-electron chi connectivity index (χ4n) is 2.17. The number of anilines is 1. The van der Waals surface area contributed by atoms with E-state index in [9.17, 15) is 9.90 Å². The Morgan fingerprint density at radius 2 is 1.95 bits per heavy atom. The third-order valence-electron chi connectivity index (χ3n) is 3.15. The van der Waals surface area contributed by atoms with Crippen LogP contribution in [0.2, 0.25) is 0 Å². The number of aliphatic hydroxyl groups excluding tert-OH is 1. The molecular weight excluding hydrogens is 338 g/mol. The minimum atomic E-state index is -0.971. The van der Waals surface area contributed by atoms with Gasteiger partial charge in [0.05, 0.1) is 6.61 Å². The van der Waals surface area contributed by atoms with Gasteiger partial charge in [-0.3, -0.25) is 4.90 Å². The lowest BCUT2D eigenvalue weighted by atomic mass is 10.2. The molecule has 0 amide bonds. The summed E-state index contributed by atoms with van der Waals surface area (Å²) in [4.78, 5) is 19.6. The zero-order chi connectivity index (χ0) is 15.8. The number of carboxylic acids is 1. The standard InChI is InChI=1S/C12H16BrN3O3.C2H6/c13-9-7-10(12(18)19)11(14-8-9)16-3-1-15(2-4-16)5-6-17;1-2/h7-8,17H,1-6H2,(H,18,19);1-2H3. The predicted molar refractivity (Wildman–Crippen MR) is 86.0 cm³/mol. The summed E-state index contributed by atoms with van der Waals surface area (Å²) in [6, 6.07) is 1.57. The first-order valence-electron chi connectivity index (χ1n) is 7.09.